The van der Waals surface area contributed by atoms with Gasteiger partial charge in [0.25, 0.3) is 0 Å². The Balaban J connectivity index is 2.46. The van der Waals surface area contributed by atoms with Crippen LogP contribution in [0.4, 0.5) is 0 Å². The molecule has 0 aliphatic heterocycles. The van der Waals surface area contributed by atoms with Crippen molar-refractivity contribution in [1.29, 1.82) is 0 Å². The summed E-state index contributed by atoms with van der Waals surface area (Å²) in [5, 5.41) is 5.12. The fraction of sp³-hybridized carbons (Fsp3) is 0.600. The van der Waals surface area contributed by atoms with Crippen molar-refractivity contribution in [2.24, 2.45) is 0 Å². The number of hydrogen-bond acceptors (Lipinski definition) is 5. The molecule has 1 unspecified atom stereocenters. The molecule has 0 aliphatic rings. The molecule has 0 aliphatic carbocycles. The van der Waals surface area contributed by atoms with E-state index in [-0.39, 0.29) is 11.8 Å². The number of nitrogens with one attached hydrogen (secondary N) is 1. The zero-order valence-electron chi connectivity index (χ0n) is 9.69. The van der Waals surface area contributed by atoms with Crippen molar-refractivity contribution in [2.75, 3.05) is 19.1 Å². The maximum atomic E-state index is 11.1. The van der Waals surface area contributed by atoms with Gasteiger partial charge in [0.1, 0.15) is 15.6 Å². The van der Waals surface area contributed by atoms with Gasteiger partial charge in [-0.2, -0.15) is 0 Å². The molecule has 6 heteroatoms. The highest BCUT2D eigenvalue weighted by Crippen LogP contribution is 2.23. The smallest absolute Gasteiger partial charge is 0.148 e. The monoisotopic (exact) mass is 263 g/mol. The predicted octanol–water partition coefficient (Wildman–Crippen LogP) is 1.28. The largest absolute Gasteiger partial charge is 0.496 e. The summed E-state index contributed by atoms with van der Waals surface area (Å²) in [6.45, 7) is 2.50. The lowest BCUT2D eigenvalue weighted by Crippen LogP contribution is -2.32. The first kappa shape index (κ1) is 13.5. The van der Waals surface area contributed by atoms with Gasteiger partial charge in [-0.25, -0.2) is 8.42 Å². The van der Waals surface area contributed by atoms with E-state index in [1.54, 1.807) is 18.4 Å². The van der Waals surface area contributed by atoms with E-state index >= 15 is 0 Å². The molecule has 0 fully saturated rings. The van der Waals surface area contributed by atoms with Crippen molar-refractivity contribution in [3.63, 3.8) is 0 Å². The fourth-order valence-corrected chi connectivity index (χ4v) is 3.24. The quantitative estimate of drug-likeness (QED) is 0.840. The SMILES string of the molecule is COc1ccsc1CNC(C)CS(C)(=O)=O. The Morgan fingerprint density at radius 1 is 1.56 bits per heavy atom. The first-order valence-corrected chi connectivity index (χ1v) is 7.88. The molecule has 0 amide bonds. The number of rotatable bonds is 6. The van der Waals surface area contributed by atoms with E-state index in [0.717, 1.165) is 10.6 Å². The Morgan fingerprint density at radius 3 is 2.81 bits per heavy atom. The van der Waals surface area contributed by atoms with Gasteiger partial charge in [0, 0.05) is 18.8 Å². The van der Waals surface area contributed by atoms with E-state index in [1.165, 1.54) is 6.26 Å². The third-order valence-electron chi connectivity index (χ3n) is 2.09. The predicted molar refractivity (Wildman–Crippen MR) is 66.9 cm³/mol. The van der Waals surface area contributed by atoms with Crippen LogP contribution in [0.5, 0.6) is 5.75 Å². The van der Waals surface area contributed by atoms with Crippen molar-refractivity contribution in [3.8, 4) is 5.75 Å². The Hall–Kier alpha value is -0.590. The third kappa shape index (κ3) is 4.51. The summed E-state index contributed by atoms with van der Waals surface area (Å²) in [6.07, 6.45) is 1.25. The van der Waals surface area contributed by atoms with Gasteiger partial charge in [-0.15, -0.1) is 11.3 Å². The standard InChI is InChI=1S/C10H17NO3S2/c1-8(7-16(3,12)13)11-6-10-9(14-2)4-5-15-10/h4-5,8,11H,6-7H2,1-3H3. The second-order valence-corrected chi connectivity index (χ2v) is 6.97. The van der Waals surface area contributed by atoms with E-state index < -0.39 is 9.84 Å². The highest BCUT2D eigenvalue weighted by molar-refractivity contribution is 7.90. The molecule has 1 atom stereocenters. The third-order valence-corrected chi connectivity index (χ3v) is 4.10. The van der Waals surface area contributed by atoms with Crippen LogP contribution in [-0.4, -0.2) is 33.6 Å². The van der Waals surface area contributed by atoms with Crippen LogP contribution in [0.25, 0.3) is 0 Å². The summed E-state index contributed by atoms with van der Waals surface area (Å²) < 4.78 is 27.3. The molecule has 1 aromatic heterocycles. The summed E-state index contributed by atoms with van der Waals surface area (Å²) in [4.78, 5) is 1.09. The van der Waals surface area contributed by atoms with Gasteiger partial charge in [0.15, 0.2) is 0 Å². The first-order valence-electron chi connectivity index (χ1n) is 4.94. The normalized spacial score (nSPS) is 13.7. The van der Waals surface area contributed by atoms with Crippen LogP contribution in [0.15, 0.2) is 11.4 Å². The minimum absolute atomic E-state index is 0.0539. The van der Waals surface area contributed by atoms with Gasteiger partial charge < -0.3 is 10.1 Å². The van der Waals surface area contributed by atoms with Crippen LogP contribution in [0, 0.1) is 0 Å². The lowest BCUT2D eigenvalue weighted by molar-refractivity contribution is 0.409. The van der Waals surface area contributed by atoms with Crippen molar-refractivity contribution >= 4 is 21.2 Å². The highest BCUT2D eigenvalue weighted by atomic mass is 32.2. The molecule has 0 bridgehead atoms. The number of ether oxygens (including phenoxy) is 1. The molecule has 1 heterocycles. The molecule has 0 aromatic carbocycles. The molecule has 0 saturated heterocycles. The van der Waals surface area contributed by atoms with Gasteiger partial charge in [-0.3, -0.25) is 0 Å². The number of sulfone groups is 1. The molecule has 1 aromatic rings. The number of thiophene rings is 1. The summed E-state index contributed by atoms with van der Waals surface area (Å²) >= 11 is 1.60. The van der Waals surface area contributed by atoms with Crippen LogP contribution >= 0.6 is 11.3 Å². The van der Waals surface area contributed by atoms with Crippen molar-refractivity contribution in [3.05, 3.63) is 16.3 Å². The zero-order valence-corrected chi connectivity index (χ0v) is 11.3. The Kier molecular flexibility index (Phi) is 4.76. The lowest BCUT2D eigenvalue weighted by Gasteiger charge is -2.12. The van der Waals surface area contributed by atoms with Crippen molar-refractivity contribution < 1.29 is 13.2 Å². The number of methoxy groups -OCH3 is 1. The number of hydrogen-bond donors (Lipinski definition) is 1. The van der Waals surface area contributed by atoms with Crippen molar-refractivity contribution in [1.82, 2.24) is 5.32 Å². The van der Waals surface area contributed by atoms with E-state index in [4.69, 9.17) is 4.74 Å². The second kappa shape index (κ2) is 5.65. The van der Waals surface area contributed by atoms with Crippen LogP contribution < -0.4 is 10.1 Å². The Bertz CT molecular complexity index is 425. The maximum Gasteiger partial charge on any atom is 0.148 e. The van der Waals surface area contributed by atoms with Gasteiger partial charge in [0.05, 0.1) is 17.7 Å². The summed E-state index contributed by atoms with van der Waals surface area (Å²) in [5.74, 6) is 1.00. The molecule has 0 saturated carbocycles. The van der Waals surface area contributed by atoms with E-state index in [0.29, 0.717) is 6.54 Å². The molecular formula is C10H17NO3S2. The van der Waals surface area contributed by atoms with Crippen LogP contribution in [0.1, 0.15) is 11.8 Å². The minimum Gasteiger partial charge on any atom is -0.496 e. The van der Waals surface area contributed by atoms with Gasteiger partial charge in [0.2, 0.25) is 0 Å². The van der Waals surface area contributed by atoms with Crippen LogP contribution in [0.3, 0.4) is 0 Å². The summed E-state index contributed by atoms with van der Waals surface area (Å²) in [7, 11) is -1.29. The fourth-order valence-electron chi connectivity index (χ4n) is 1.42. The molecular weight excluding hydrogens is 246 g/mol. The average Bonchev–Trinajstić information content (AvgIpc) is 2.59. The van der Waals surface area contributed by atoms with E-state index in [2.05, 4.69) is 5.32 Å². The molecule has 0 radical (unpaired) electrons. The average molecular weight is 263 g/mol. The highest BCUT2D eigenvalue weighted by Gasteiger charge is 2.11. The minimum atomic E-state index is -2.92. The maximum absolute atomic E-state index is 11.1. The molecule has 0 spiro atoms. The summed E-state index contributed by atoms with van der Waals surface area (Å²) in [5.41, 5.74) is 0. The molecule has 1 rings (SSSR count). The van der Waals surface area contributed by atoms with Crippen molar-refractivity contribution in [2.45, 2.75) is 19.5 Å². The Morgan fingerprint density at radius 2 is 2.25 bits per heavy atom. The van der Waals surface area contributed by atoms with Gasteiger partial charge >= 0.3 is 0 Å². The molecule has 1 N–H and O–H groups in total. The van der Waals surface area contributed by atoms with Gasteiger partial charge in [-0.1, -0.05) is 0 Å². The molecule has 16 heavy (non-hydrogen) atoms. The van der Waals surface area contributed by atoms with Gasteiger partial charge in [-0.05, 0) is 18.4 Å². The second-order valence-electron chi connectivity index (χ2n) is 3.79. The Labute approximate surface area is 101 Å². The zero-order chi connectivity index (χ0) is 12.2. The first-order chi connectivity index (χ1) is 7.42. The summed E-state index contributed by atoms with van der Waals surface area (Å²) in [6, 6.07) is 1.85. The van der Waals surface area contributed by atoms with E-state index in [9.17, 15) is 8.42 Å². The van der Waals surface area contributed by atoms with Crippen LogP contribution in [0.2, 0.25) is 0 Å². The topological polar surface area (TPSA) is 55.4 Å². The van der Waals surface area contributed by atoms with Crippen LogP contribution in [-0.2, 0) is 16.4 Å². The molecule has 92 valence electrons. The lowest BCUT2D eigenvalue weighted by atomic mass is 10.3. The molecule has 4 nitrogen and oxygen atoms in total. The van der Waals surface area contributed by atoms with E-state index in [1.807, 2.05) is 18.4 Å².